The Morgan fingerprint density at radius 2 is 1.89 bits per heavy atom. The molecule has 0 saturated carbocycles. The summed E-state index contributed by atoms with van der Waals surface area (Å²) in [7, 11) is 1.67. The molecule has 1 fully saturated rings. The number of hydrogen-bond donors (Lipinski definition) is 0. The average molecular weight is 389 g/mol. The minimum atomic E-state index is -0.0367. The third-order valence-corrected chi connectivity index (χ3v) is 5.57. The molecule has 146 valence electrons. The van der Waals surface area contributed by atoms with Gasteiger partial charge in [-0.1, -0.05) is 39.0 Å². The van der Waals surface area contributed by atoms with E-state index in [4.69, 9.17) is 4.74 Å². The molecule has 1 saturated heterocycles. The molecule has 0 N–H and O–H groups in total. The van der Waals surface area contributed by atoms with E-state index in [1.807, 2.05) is 29.2 Å². The van der Waals surface area contributed by atoms with Crippen LogP contribution in [0.15, 0.2) is 24.3 Å². The lowest BCUT2D eigenvalue weighted by atomic mass is 9.96. The van der Waals surface area contributed by atoms with E-state index >= 15 is 0 Å². The Bertz CT molecular complexity index is 776. The van der Waals surface area contributed by atoms with Gasteiger partial charge in [0, 0.05) is 49.5 Å². The van der Waals surface area contributed by atoms with Gasteiger partial charge < -0.3 is 14.5 Å². The van der Waals surface area contributed by atoms with Gasteiger partial charge in [0.1, 0.15) is 11.6 Å². The van der Waals surface area contributed by atoms with Crippen LogP contribution in [0.1, 0.15) is 38.6 Å². The molecule has 0 aliphatic carbocycles. The van der Waals surface area contributed by atoms with Gasteiger partial charge in [-0.15, -0.1) is 0 Å². The third-order valence-electron chi connectivity index (χ3n) is 4.79. The van der Waals surface area contributed by atoms with E-state index in [0.29, 0.717) is 12.8 Å². The van der Waals surface area contributed by atoms with Gasteiger partial charge in [0.25, 0.3) is 0 Å². The molecule has 1 aromatic carbocycles. The maximum absolute atomic E-state index is 12.6. The molecule has 7 heteroatoms. The lowest BCUT2D eigenvalue weighted by Crippen LogP contribution is -2.48. The van der Waals surface area contributed by atoms with Crippen molar-refractivity contribution >= 4 is 22.6 Å². The van der Waals surface area contributed by atoms with Crippen LogP contribution in [0.2, 0.25) is 0 Å². The smallest absolute Gasteiger partial charge is 0.223 e. The molecule has 0 bridgehead atoms. The Morgan fingerprint density at radius 1 is 1.19 bits per heavy atom. The molecule has 2 aromatic rings. The number of benzene rings is 1. The predicted molar refractivity (Wildman–Crippen MR) is 109 cm³/mol. The van der Waals surface area contributed by atoms with E-state index in [-0.39, 0.29) is 11.3 Å². The Balaban J connectivity index is 1.51. The highest BCUT2D eigenvalue weighted by Gasteiger charge is 2.25. The number of hydrogen-bond acceptors (Lipinski definition) is 6. The van der Waals surface area contributed by atoms with Crippen molar-refractivity contribution in [3.05, 3.63) is 35.7 Å². The number of rotatable bonds is 5. The molecule has 2 heterocycles. The van der Waals surface area contributed by atoms with Crippen molar-refractivity contribution in [2.24, 2.45) is 0 Å². The molecule has 0 unspecified atom stereocenters. The molecule has 0 radical (unpaired) electrons. The summed E-state index contributed by atoms with van der Waals surface area (Å²) < 4.78 is 9.86. The summed E-state index contributed by atoms with van der Waals surface area (Å²) in [6.07, 6.45) is 1.21. The highest BCUT2D eigenvalue weighted by atomic mass is 32.1. The number of amides is 1. The van der Waals surface area contributed by atoms with Gasteiger partial charge in [-0.2, -0.15) is 4.37 Å². The summed E-state index contributed by atoms with van der Waals surface area (Å²) in [5.41, 5.74) is 1.04. The van der Waals surface area contributed by atoms with Crippen LogP contribution < -0.4 is 9.64 Å². The Kier molecular flexibility index (Phi) is 5.99. The van der Waals surface area contributed by atoms with Crippen molar-refractivity contribution in [1.82, 2.24) is 14.3 Å². The van der Waals surface area contributed by atoms with E-state index in [1.165, 1.54) is 11.5 Å². The Hall–Kier alpha value is -2.15. The normalized spacial score (nSPS) is 15.1. The number of nitrogens with zero attached hydrogens (tertiary/aromatic N) is 4. The van der Waals surface area contributed by atoms with Gasteiger partial charge in [-0.25, -0.2) is 4.98 Å². The quantitative estimate of drug-likeness (QED) is 0.788. The van der Waals surface area contributed by atoms with Crippen molar-refractivity contribution in [2.45, 2.75) is 39.0 Å². The number of ether oxygens (including phenoxy) is 1. The lowest BCUT2D eigenvalue weighted by Gasteiger charge is -2.34. The predicted octanol–water partition coefficient (Wildman–Crippen LogP) is 3.13. The molecule has 1 aliphatic rings. The molecule has 6 nitrogen and oxygen atoms in total. The molecule has 1 amide bonds. The van der Waals surface area contributed by atoms with Gasteiger partial charge in [-0.05, 0) is 18.1 Å². The molecule has 1 aliphatic heterocycles. The molecule has 0 spiro atoms. The molecular formula is C20H28N4O2S. The van der Waals surface area contributed by atoms with Gasteiger partial charge in [-0.3, -0.25) is 4.79 Å². The number of aromatic nitrogens is 2. The zero-order chi connectivity index (χ0) is 19.4. The second-order valence-corrected chi connectivity index (χ2v) is 8.56. The van der Waals surface area contributed by atoms with E-state index < -0.39 is 0 Å². The standard InChI is InChI=1S/C20H28N4O2S/c1-20(2,3)18-21-19(27-22-18)24-13-11-23(12-14-24)17(25)10-9-15-7-5-6-8-16(15)26-4/h5-8H,9-14H2,1-4H3. The number of carbonyl (C=O) groups excluding carboxylic acids is 1. The fraction of sp³-hybridized carbons (Fsp3) is 0.550. The van der Waals surface area contributed by atoms with Crippen LogP contribution in [0.5, 0.6) is 5.75 Å². The number of aryl methyl sites for hydroxylation is 1. The van der Waals surface area contributed by atoms with Crippen LogP contribution in [0.4, 0.5) is 5.13 Å². The topological polar surface area (TPSA) is 58.6 Å². The number of carbonyl (C=O) groups is 1. The summed E-state index contributed by atoms with van der Waals surface area (Å²) in [5, 5.41) is 0.959. The maximum atomic E-state index is 12.6. The second-order valence-electron chi connectivity index (χ2n) is 7.83. The number of methoxy groups -OCH3 is 1. The van der Waals surface area contributed by atoms with E-state index in [9.17, 15) is 4.79 Å². The molecular weight excluding hydrogens is 360 g/mol. The largest absolute Gasteiger partial charge is 0.496 e. The maximum Gasteiger partial charge on any atom is 0.223 e. The first-order valence-corrected chi connectivity index (χ1v) is 10.1. The zero-order valence-electron chi connectivity index (χ0n) is 16.6. The summed E-state index contributed by atoms with van der Waals surface area (Å²) >= 11 is 1.45. The molecule has 0 atom stereocenters. The van der Waals surface area contributed by atoms with E-state index in [0.717, 1.165) is 48.4 Å². The van der Waals surface area contributed by atoms with Crippen molar-refractivity contribution in [3.63, 3.8) is 0 Å². The first kappa shape index (κ1) is 19.6. The SMILES string of the molecule is COc1ccccc1CCC(=O)N1CCN(c2nc(C(C)(C)C)ns2)CC1. The fourth-order valence-electron chi connectivity index (χ4n) is 3.10. The van der Waals surface area contributed by atoms with Crippen molar-refractivity contribution < 1.29 is 9.53 Å². The van der Waals surface area contributed by atoms with Gasteiger partial charge in [0.15, 0.2) is 0 Å². The van der Waals surface area contributed by atoms with Crippen LogP contribution >= 0.6 is 11.5 Å². The van der Waals surface area contributed by atoms with Crippen molar-refractivity contribution in [1.29, 1.82) is 0 Å². The second kappa shape index (κ2) is 8.25. The van der Waals surface area contributed by atoms with Crippen molar-refractivity contribution in [2.75, 3.05) is 38.2 Å². The average Bonchev–Trinajstić information content (AvgIpc) is 3.17. The first-order chi connectivity index (χ1) is 12.9. The highest BCUT2D eigenvalue weighted by molar-refractivity contribution is 7.09. The van der Waals surface area contributed by atoms with Crippen LogP contribution in [-0.2, 0) is 16.6 Å². The number of anilines is 1. The Morgan fingerprint density at radius 3 is 2.52 bits per heavy atom. The van der Waals surface area contributed by atoms with Gasteiger partial charge in [0.2, 0.25) is 11.0 Å². The molecule has 3 rings (SSSR count). The van der Waals surface area contributed by atoms with Crippen LogP contribution in [0.25, 0.3) is 0 Å². The summed E-state index contributed by atoms with van der Waals surface area (Å²) in [6, 6.07) is 7.88. The minimum absolute atomic E-state index is 0.0367. The van der Waals surface area contributed by atoms with Gasteiger partial charge in [0.05, 0.1) is 7.11 Å². The van der Waals surface area contributed by atoms with Crippen LogP contribution in [-0.4, -0.2) is 53.5 Å². The monoisotopic (exact) mass is 388 g/mol. The highest BCUT2D eigenvalue weighted by Crippen LogP contribution is 2.26. The molecule has 1 aromatic heterocycles. The summed E-state index contributed by atoms with van der Waals surface area (Å²) in [4.78, 5) is 21.5. The van der Waals surface area contributed by atoms with Crippen LogP contribution in [0, 0.1) is 0 Å². The lowest BCUT2D eigenvalue weighted by molar-refractivity contribution is -0.131. The summed E-state index contributed by atoms with van der Waals surface area (Å²) in [6.45, 7) is 9.44. The van der Waals surface area contributed by atoms with Gasteiger partial charge >= 0.3 is 0 Å². The molecule has 27 heavy (non-hydrogen) atoms. The first-order valence-electron chi connectivity index (χ1n) is 9.37. The number of para-hydroxylation sites is 1. The fourth-order valence-corrected chi connectivity index (χ4v) is 4.01. The third kappa shape index (κ3) is 4.77. The summed E-state index contributed by atoms with van der Waals surface area (Å²) in [5.74, 6) is 1.94. The van der Waals surface area contributed by atoms with E-state index in [2.05, 4.69) is 35.0 Å². The van der Waals surface area contributed by atoms with Crippen molar-refractivity contribution in [3.8, 4) is 5.75 Å². The van der Waals surface area contributed by atoms with Crippen LogP contribution in [0.3, 0.4) is 0 Å². The minimum Gasteiger partial charge on any atom is -0.496 e. The zero-order valence-corrected chi connectivity index (χ0v) is 17.4. The number of piperazine rings is 1. The van der Waals surface area contributed by atoms with E-state index in [1.54, 1.807) is 7.11 Å². The Labute approximate surface area is 165 Å².